The Bertz CT molecular complexity index is 433. The van der Waals surface area contributed by atoms with Crippen molar-refractivity contribution in [2.75, 3.05) is 0 Å². The Morgan fingerprint density at radius 3 is 3.00 bits per heavy atom. The van der Waals surface area contributed by atoms with Crippen LogP contribution < -0.4 is 17.0 Å². The fourth-order valence-corrected chi connectivity index (χ4v) is 1.73. The van der Waals surface area contributed by atoms with Gasteiger partial charge in [-0.3, -0.25) is 14.8 Å². The zero-order chi connectivity index (χ0) is 10.8. The molecule has 7 nitrogen and oxygen atoms in total. The first kappa shape index (κ1) is 9.91. The lowest BCUT2D eigenvalue weighted by Crippen LogP contribution is -2.37. The van der Waals surface area contributed by atoms with Gasteiger partial charge in [0.15, 0.2) is 0 Å². The van der Waals surface area contributed by atoms with E-state index in [9.17, 15) is 9.59 Å². The van der Waals surface area contributed by atoms with Crippen LogP contribution >= 0.6 is 0 Å². The highest BCUT2D eigenvalue weighted by molar-refractivity contribution is 5.74. The minimum atomic E-state index is -0.424. The molecule has 1 aromatic heterocycles. The number of nitrogens with one attached hydrogen (secondary N) is 1. The highest BCUT2D eigenvalue weighted by atomic mass is 16.2. The quantitative estimate of drug-likeness (QED) is 0.349. The van der Waals surface area contributed by atoms with Gasteiger partial charge in [0.2, 0.25) is 0 Å². The summed E-state index contributed by atoms with van der Waals surface area (Å²) in [6.45, 7) is 0.577. The van der Waals surface area contributed by atoms with Crippen LogP contribution in [-0.4, -0.2) is 20.3 Å². The maximum atomic E-state index is 11.7. The van der Waals surface area contributed by atoms with E-state index in [2.05, 4.69) is 5.10 Å². The molecule has 0 spiro atoms. The zero-order valence-corrected chi connectivity index (χ0v) is 8.27. The first-order chi connectivity index (χ1) is 7.22. The largest absolute Gasteiger partial charge is 0.346 e. The molecule has 0 aromatic carbocycles. The number of hydrazine groups is 1. The van der Waals surface area contributed by atoms with E-state index in [0.29, 0.717) is 6.54 Å². The topological polar surface area (TPSA) is 94.9 Å². The van der Waals surface area contributed by atoms with Gasteiger partial charge in [0.1, 0.15) is 12.4 Å². The minimum absolute atomic E-state index is 0.116. The number of nitrogens with two attached hydrogens (primary N) is 1. The second-order valence-electron chi connectivity index (χ2n) is 3.53. The van der Waals surface area contributed by atoms with Gasteiger partial charge in [-0.1, -0.05) is 0 Å². The summed E-state index contributed by atoms with van der Waals surface area (Å²) in [5.74, 6) is 5.28. The molecule has 0 unspecified atom stereocenters. The number of nitrogens with zero attached hydrogens (tertiary/aromatic N) is 3. The summed E-state index contributed by atoms with van der Waals surface area (Å²) < 4.78 is 2.77. The van der Waals surface area contributed by atoms with E-state index in [0.717, 1.165) is 29.8 Å². The average Bonchev–Trinajstić information content (AvgIpc) is 2.57. The first-order valence-corrected chi connectivity index (χ1v) is 4.88. The molecule has 0 saturated heterocycles. The van der Waals surface area contributed by atoms with Gasteiger partial charge in [-0.15, -0.1) is 0 Å². The molecule has 0 fully saturated rings. The van der Waals surface area contributed by atoms with Crippen molar-refractivity contribution < 1.29 is 4.79 Å². The molecule has 2 rings (SSSR count). The minimum Gasteiger partial charge on any atom is -0.293 e. The smallest absolute Gasteiger partial charge is 0.293 e. The molecule has 0 bridgehead atoms. The van der Waals surface area contributed by atoms with E-state index in [-0.39, 0.29) is 12.2 Å². The lowest BCUT2D eigenvalue weighted by molar-refractivity contribution is -0.121. The molecule has 1 aromatic rings. The third-order valence-electron chi connectivity index (χ3n) is 2.49. The van der Waals surface area contributed by atoms with E-state index in [4.69, 9.17) is 5.84 Å². The number of hydrogen-bond donors (Lipinski definition) is 2. The third kappa shape index (κ3) is 1.78. The van der Waals surface area contributed by atoms with Crippen LogP contribution in [-0.2, 0) is 24.3 Å². The van der Waals surface area contributed by atoms with E-state index < -0.39 is 5.91 Å². The van der Waals surface area contributed by atoms with E-state index in [1.807, 2.05) is 5.43 Å². The lowest BCUT2D eigenvalue weighted by Gasteiger charge is -2.09. The number of aromatic nitrogens is 3. The Morgan fingerprint density at radius 2 is 2.33 bits per heavy atom. The molecular formula is C8H13N5O2. The fraction of sp³-hybridized carbons (Fsp3) is 0.625. The van der Waals surface area contributed by atoms with Crippen molar-refractivity contribution in [3.8, 4) is 0 Å². The third-order valence-corrected chi connectivity index (χ3v) is 2.49. The van der Waals surface area contributed by atoms with E-state index in [1.54, 1.807) is 4.57 Å². The predicted molar refractivity (Wildman–Crippen MR) is 51.8 cm³/mol. The van der Waals surface area contributed by atoms with Crippen LogP contribution in [0.1, 0.15) is 18.7 Å². The number of rotatable bonds is 2. The number of amides is 1. The van der Waals surface area contributed by atoms with Crippen molar-refractivity contribution in [1.29, 1.82) is 0 Å². The number of carbonyl (C=O) groups is 1. The van der Waals surface area contributed by atoms with Gasteiger partial charge in [-0.05, 0) is 12.8 Å². The fourth-order valence-electron chi connectivity index (χ4n) is 1.73. The van der Waals surface area contributed by atoms with Crippen molar-refractivity contribution in [3.63, 3.8) is 0 Å². The van der Waals surface area contributed by atoms with E-state index >= 15 is 0 Å². The standard InChI is InChI=1S/C8H13N5O2/c9-10-7(14)5-13-8(15)12-4-2-1-3-6(12)11-13/h1-5,9H2,(H,10,14). The van der Waals surface area contributed by atoms with Crippen LogP contribution in [0.25, 0.3) is 0 Å². The molecule has 0 radical (unpaired) electrons. The highest BCUT2D eigenvalue weighted by Gasteiger charge is 2.17. The Hall–Kier alpha value is -1.63. The molecule has 82 valence electrons. The Balaban J connectivity index is 2.29. The van der Waals surface area contributed by atoms with Gasteiger partial charge in [0, 0.05) is 13.0 Å². The van der Waals surface area contributed by atoms with Crippen LogP contribution in [0.5, 0.6) is 0 Å². The van der Waals surface area contributed by atoms with Gasteiger partial charge in [0.25, 0.3) is 5.91 Å². The Labute approximate surface area is 85.8 Å². The second kappa shape index (κ2) is 3.85. The van der Waals surface area contributed by atoms with Crippen molar-refractivity contribution in [3.05, 3.63) is 16.3 Å². The highest BCUT2D eigenvalue weighted by Crippen LogP contribution is 2.08. The van der Waals surface area contributed by atoms with Crippen LogP contribution in [0.3, 0.4) is 0 Å². The summed E-state index contributed by atoms with van der Waals surface area (Å²) in [4.78, 5) is 22.7. The Morgan fingerprint density at radius 1 is 1.53 bits per heavy atom. The van der Waals surface area contributed by atoms with Crippen molar-refractivity contribution >= 4 is 5.91 Å². The van der Waals surface area contributed by atoms with Gasteiger partial charge in [-0.25, -0.2) is 15.3 Å². The first-order valence-electron chi connectivity index (χ1n) is 4.88. The average molecular weight is 211 g/mol. The molecule has 15 heavy (non-hydrogen) atoms. The monoisotopic (exact) mass is 211 g/mol. The molecule has 1 amide bonds. The van der Waals surface area contributed by atoms with Gasteiger partial charge in [0.05, 0.1) is 0 Å². The molecule has 1 aliphatic rings. The van der Waals surface area contributed by atoms with Crippen molar-refractivity contribution in [1.82, 2.24) is 19.8 Å². The number of aryl methyl sites for hydroxylation is 1. The summed E-state index contributed by atoms with van der Waals surface area (Å²) in [7, 11) is 0. The van der Waals surface area contributed by atoms with Crippen molar-refractivity contribution in [2.45, 2.75) is 32.4 Å². The second-order valence-corrected chi connectivity index (χ2v) is 3.53. The lowest BCUT2D eigenvalue weighted by atomic mass is 10.2. The molecular weight excluding hydrogens is 198 g/mol. The molecule has 0 atom stereocenters. The van der Waals surface area contributed by atoms with Gasteiger partial charge >= 0.3 is 5.69 Å². The van der Waals surface area contributed by atoms with E-state index in [1.165, 1.54) is 0 Å². The number of carbonyl (C=O) groups excluding carboxylic acids is 1. The van der Waals surface area contributed by atoms with Crippen molar-refractivity contribution in [2.24, 2.45) is 5.84 Å². The summed E-state index contributed by atoms with van der Waals surface area (Å²) in [5.41, 5.74) is 1.74. The molecule has 1 aliphatic heterocycles. The summed E-state index contributed by atoms with van der Waals surface area (Å²) in [6.07, 6.45) is 2.83. The molecule has 0 aliphatic carbocycles. The normalized spacial score (nSPS) is 14.7. The zero-order valence-electron chi connectivity index (χ0n) is 8.27. The maximum Gasteiger partial charge on any atom is 0.346 e. The summed E-state index contributed by atoms with van der Waals surface area (Å²) in [6, 6.07) is 0. The summed E-state index contributed by atoms with van der Waals surface area (Å²) in [5, 5.41) is 4.09. The molecule has 2 heterocycles. The van der Waals surface area contributed by atoms with Gasteiger partial charge in [-0.2, -0.15) is 5.10 Å². The van der Waals surface area contributed by atoms with Crippen LogP contribution in [0, 0.1) is 0 Å². The molecule has 7 heteroatoms. The van der Waals surface area contributed by atoms with Crippen LogP contribution in [0.15, 0.2) is 4.79 Å². The predicted octanol–water partition coefficient (Wildman–Crippen LogP) is -1.63. The van der Waals surface area contributed by atoms with Crippen LogP contribution in [0.2, 0.25) is 0 Å². The Kier molecular flexibility index (Phi) is 2.55. The summed E-state index contributed by atoms with van der Waals surface area (Å²) >= 11 is 0. The van der Waals surface area contributed by atoms with Crippen LogP contribution in [0.4, 0.5) is 0 Å². The maximum absolute atomic E-state index is 11.7. The number of fused-ring (bicyclic) bond motifs is 1. The molecule has 0 saturated carbocycles. The SMILES string of the molecule is NNC(=O)Cn1nc2n(c1=O)CCCC2. The number of hydrogen-bond acceptors (Lipinski definition) is 4. The van der Waals surface area contributed by atoms with Gasteiger partial charge < -0.3 is 0 Å². The molecule has 3 N–H and O–H groups in total.